The summed E-state index contributed by atoms with van der Waals surface area (Å²) < 4.78 is 14.1. The number of hydrogen-bond acceptors (Lipinski definition) is 5. The van der Waals surface area contributed by atoms with E-state index >= 15 is 0 Å². The molecule has 0 spiro atoms. The Kier molecular flexibility index (Phi) is 6.45. The average molecular weight is 208 g/mol. The van der Waals surface area contributed by atoms with Gasteiger partial charge in [0.05, 0.1) is 6.61 Å². The minimum Gasteiger partial charge on any atom is -0.462 e. The van der Waals surface area contributed by atoms with Crippen molar-refractivity contribution in [3.05, 3.63) is 0 Å². The zero-order chi connectivity index (χ0) is 10.3. The molecule has 0 bridgehead atoms. The summed E-state index contributed by atoms with van der Waals surface area (Å²) in [5.74, 6) is -0.847. The van der Waals surface area contributed by atoms with Gasteiger partial charge in [0.1, 0.15) is 6.61 Å². The van der Waals surface area contributed by atoms with Crippen molar-refractivity contribution in [1.29, 1.82) is 0 Å². The van der Waals surface area contributed by atoms with Crippen LogP contribution in [0.4, 0.5) is 0 Å². The molecule has 0 rings (SSSR count). The van der Waals surface area contributed by atoms with E-state index in [4.69, 9.17) is 4.74 Å². The lowest BCUT2D eigenvalue weighted by molar-refractivity contribution is -0.157. The van der Waals surface area contributed by atoms with Gasteiger partial charge in [-0.05, 0) is 0 Å². The van der Waals surface area contributed by atoms with Gasteiger partial charge >= 0.3 is 11.9 Å². The van der Waals surface area contributed by atoms with Gasteiger partial charge in [-0.3, -0.25) is 9.59 Å². The Morgan fingerprint density at radius 3 is 2.23 bits per heavy atom. The quantitative estimate of drug-likeness (QED) is 0.480. The standard InChI is InChI=1S/C7H13O5P/c1-5(8)10-3-7(4-11-13)12-6(2)9/h7H,3-4,13H2,1-2H3. The van der Waals surface area contributed by atoms with Crippen molar-refractivity contribution in [2.45, 2.75) is 20.0 Å². The van der Waals surface area contributed by atoms with Crippen LogP contribution in [-0.2, 0) is 23.6 Å². The second kappa shape index (κ2) is 6.80. The third kappa shape index (κ3) is 7.68. The van der Waals surface area contributed by atoms with E-state index in [1.807, 2.05) is 9.47 Å². The Bertz CT molecular complexity index is 182. The zero-order valence-corrected chi connectivity index (χ0v) is 8.76. The highest BCUT2D eigenvalue weighted by Gasteiger charge is 2.13. The summed E-state index contributed by atoms with van der Waals surface area (Å²) in [4.78, 5) is 21.0. The molecule has 2 atom stereocenters. The van der Waals surface area contributed by atoms with Crippen molar-refractivity contribution in [3.63, 3.8) is 0 Å². The molecule has 0 aliphatic rings. The summed E-state index contributed by atoms with van der Waals surface area (Å²) in [6.45, 7) is 2.76. The van der Waals surface area contributed by atoms with Gasteiger partial charge in [-0.1, -0.05) is 0 Å². The summed E-state index contributed by atoms with van der Waals surface area (Å²) >= 11 is 0. The van der Waals surface area contributed by atoms with E-state index < -0.39 is 18.0 Å². The molecule has 0 fully saturated rings. The zero-order valence-electron chi connectivity index (χ0n) is 7.61. The molecule has 0 aromatic rings. The molecule has 0 radical (unpaired) electrons. The fourth-order valence-electron chi connectivity index (χ4n) is 0.668. The highest BCUT2D eigenvalue weighted by molar-refractivity contribution is 7.09. The molecule has 13 heavy (non-hydrogen) atoms. The molecular weight excluding hydrogens is 195 g/mol. The Balaban J connectivity index is 3.79. The van der Waals surface area contributed by atoms with Crippen LogP contribution < -0.4 is 0 Å². The first-order valence-corrected chi connectivity index (χ1v) is 4.15. The molecule has 76 valence electrons. The van der Waals surface area contributed by atoms with E-state index in [1.54, 1.807) is 0 Å². The molecule has 0 aliphatic carbocycles. The molecule has 0 heterocycles. The molecule has 0 saturated carbocycles. The monoisotopic (exact) mass is 208 g/mol. The summed E-state index contributed by atoms with van der Waals surface area (Å²) in [5.41, 5.74) is 0. The van der Waals surface area contributed by atoms with Crippen molar-refractivity contribution in [1.82, 2.24) is 0 Å². The molecule has 0 amide bonds. The van der Waals surface area contributed by atoms with Crippen LogP contribution in [0.5, 0.6) is 0 Å². The maximum absolute atomic E-state index is 10.5. The molecule has 5 nitrogen and oxygen atoms in total. The second-order valence-corrected chi connectivity index (χ2v) is 2.70. The van der Waals surface area contributed by atoms with Gasteiger partial charge < -0.3 is 14.0 Å². The lowest BCUT2D eigenvalue weighted by Gasteiger charge is -2.15. The van der Waals surface area contributed by atoms with Crippen molar-refractivity contribution in [2.75, 3.05) is 13.2 Å². The van der Waals surface area contributed by atoms with Crippen LogP contribution in [0.3, 0.4) is 0 Å². The van der Waals surface area contributed by atoms with Crippen LogP contribution in [0.15, 0.2) is 0 Å². The number of carbonyl (C=O) groups is 2. The van der Waals surface area contributed by atoms with E-state index in [0.717, 1.165) is 0 Å². The first kappa shape index (κ1) is 12.3. The van der Waals surface area contributed by atoms with E-state index in [1.165, 1.54) is 13.8 Å². The summed E-state index contributed by atoms with van der Waals surface area (Å²) in [7, 11) is 2.03. The van der Waals surface area contributed by atoms with Gasteiger partial charge in [0.2, 0.25) is 0 Å². The number of hydrogen-bond donors (Lipinski definition) is 0. The fraction of sp³-hybridized carbons (Fsp3) is 0.714. The predicted molar refractivity (Wildman–Crippen MR) is 47.8 cm³/mol. The first-order valence-electron chi connectivity index (χ1n) is 3.68. The van der Waals surface area contributed by atoms with Gasteiger partial charge in [-0.25, -0.2) is 0 Å². The largest absolute Gasteiger partial charge is 0.462 e. The van der Waals surface area contributed by atoms with Gasteiger partial charge in [0.15, 0.2) is 6.10 Å². The summed E-state index contributed by atoms with van der Waals surface area (Å²) in [6.07, 6.45) is -0.543. The Hall–Kier alpha value is -0.670. The van der Waals surface area contributed by atoms with Crippen LogP contribution in [0.1, 0.15) is 13.8 Å². The molecule has 2 unspecified atom stereocenters. The maximum atomic E-state index is 10.5. The smallest absolute Gasteiger partial charge is 0.303 e. The lowest BCUT2D eigenvalue weighted by atomic mass is 10.4. The third-order valence-electron chi connectivity index (χ3n) is 1.09. The first-order chi connectivity index (χ1) is 6.06. The molecule has 0 aromatic heterocycles. The molecule has 6 heteroatoms. The fourth-order valence-corrected chi connectivity index (χ4v) is 0.883. The highest BCUT2D eigenvalue weighted by Crippen LogP contribution is 1.98. The molecule has 0 aromatic carbocycles. The van der Waals surface area contributed by atoms with E-state index in [-0.39, 0.29) is 13.2 Å². The van der Waals surface area contributed by atoms with Crippen molar-refractivity contribution >= 4 is 21.4 Å². The Labute approximate surface area is 79.0 Å². The number of ether oxygens (including phenoxy) is 2. The van der Waals surface area contributed by atoms with Gasteiger partial charge in [-0.15, -0.1) is 0 Å². The average Bonchev–Trinajstić information content (AvgIpc) is 1.99. The van der Waals surface area contributed by atoms with Crippen LogP contribution in [0, 0.1) is 0 Å². The van der Waals surface area contributed by atoms with Crippen LogP contribution >= 0.6 is 9.47 Å². The Morgan fingerprint density at radius 1 is 1.23 bits per heavy atom. The normalized spacial score (nSPS) is 11.9. The maximum Gasteiger partial charge on any atom is 0.303 e. The summed E-state index contributed by atoms with van der Waals surface area (Å²) in [6, 6.07) is 0. The summed E-state index contributed by atoms with van der Waals surface area (Å²) in [5, 5.41) is 0. The van der Waals surface area contributed by atoms with Crippen molar-refractivity contribution < 1.29 is 23.6 Å². The SMILES string of the molecule is CC(=O)OCC(COP)OC(C)=O. The highest BCUT2D eigenvalue weighted by atomic mass is 31.0. The van der Waals surface area contributed by atoms with Crippen LogP contribution in [0.25, 0.3) is 0 Å². The number of carbonyl (C=O) groups excluding carboxylic acids is 2. The minimum atomic E-state index is -0.543. The molecule has 0 aliphatic heterocycles. The molecular formula is C7H13O5P. The topological polar surface area (TPSA) is 61.8 Å². The van der Waals surface area contributed by atoms with Gasteiger partial charge in [0, 0.05) is 23.3 Å². The molecule has 0 saturated heterocycles. The lowest BCUT2D eigenvalue weighted by Crippen LogP contribution is -2.27. The van der Waals surface area contributed by atoms with Crippen molar-refractivity contribution in [2.24, 2.45) is 0 Å². The van der Waals surface area contributed by atoms with E-state index in [0.29, 0.717) is 0 Å². The second-order valence-electron chi connectivity index (χ2n) is 2.37. The Morgan fingerprint density at radius 2 is 1.85 bits per heavy atom. The third-order valence-corrected chi connectivity index (χ3v) is 1.28. The van der Waals surface area contributed by atoms with E-state index in [9.17, 15) is 9.59 Å². The van der Waals surface area contributed by atoms with Crippen molar-refractivity contribution in [3.8, 4) is 0 Å². The minimum absolute atomic E-state index is 0.0172. The van der Waals surface area contributed by atoms with Gasteiger partial charge in [0.25, 0.3) is 0 Å². The predicted octanol–water partition coefficient (Wildman–Crippen LogP) is 0.288. The number of esters is 2. The van der Waals surface area contributed by atoms with Gasteiger partial charge in [-0.2, -0.15) is 0 Å². The van der Waals surface area contributed by atoms with Crippen LogP contribution in [0.2, 0.25) is 0 Å². The molecule has 0 N–H and O–H groups in total. The number of rotatable bonds is 5. The van der Waals surface area contributed by atoms with Crippen LogP contribution in [-0.4, -0.2) is 31.3 Å². The van der Waals surface area contributed by atoms with E-state index in [2.05, 4.69) is 9.26 Å².